The summed E-state index contributed by atoms with van der Waals surface area (Å²) in [6.07, 6.45) is -6.26. The number of halogens is 4. The lowest BCUT2D eigenvalue weighted by molar-refractivity contribution is -0.621. The highest BCUT2D eigenvalue weighted by Gasteiger charge is 2.32. The van der Waals surface area contributed by atoms with Gasteiger partial charge in [-0.15, -0.1) is 0 Å². The van der Waals surface area contributed by atoms with Gasteiger partial charge in [0.05, 0.1) is 35.4 Å². The number of hydrogen-bond acceptors (Lipinski definition) is 10. The smallest absolute Gasteiger partial charge is 0.468 e. The van der Waals surface area contributed by atoms with E-state index in [1.807, 2.05) is 0 Å². The van der Waals surface area contributed by atoms with Crippen LogP contribution >= 0.6 is 23.4 Å². The fraction of sp³-hybridized carbons (Fsp3) is 0.348. The molecule has 0 amide bonds. The Hall–Kier alpha value is -3.36. The molecule has 206 valence electrons. The van der Waals surface area contributed by atoms with Gasteiger partial charge >= 0.3 is 18.6 Å². The van der Waals surface area contributed by atoms with Crippen molar-refractivity contribution >= 4 is 40.7 Å². The molecule has 0 aliphatic heterocycles. The molecule has 0 radical (unpaired) electrons. The van der Waals surface area contributed by atoms with E-state index in [1.54, 1.807) is 24.3 Å². The first-order valence-electron chi connectivity index (χ1n) is 10.7. The fourth-order valence-corrected chi connectivity index (χ4v) is 3.60. The molecule has 2 aromatic rings. The lowest BCUT2D eigenvalue weighted by atomic mass is 10.1. The van der Waals surface area contributed by atoms with Crippen molar-refractivity contribution in [2.24, 2.45) is 5.16 Å². The molecule has 2 aromatic carbocycles. The predicted molar refractivity (Wildman–Crippen MR) is 131 cm³/mol. The van der Waals surface area contributed by atoms with Crippen LogP contribution in [0, 0.1) is 10.1 Å². The Morgan fingerprint density at radius 3 is 2.39 bits per heavy atom. The molecule has 3 atom stereocenters. The topological polar surface area (TPSA) is 127 Å². The molecule has 0 aliphatic rings. The van der Waals surface area contributed by atoms with Crippen LogP contribution in [0.3, 0.4) is 0 Å². The summed E-state index contributed by atoms with van der Waals surface area (Å²) in [5.41, 5.74) is 0.0481. The van der Waals surface area contributed by atoms with Crippen LogP contribution in [-0.2, 0) is 36.7 Å². The fourth-order valence-electron chi connectivity index (χ4n) is 2.60. The number of methoxy groups -OCH3 is 1. The highest BCUT2D eigenvalue weighted by Crippen LogP contribution is 2.35. The van der Waals surface area contributed by atoms with Gasteiger partial charge in [-0.3, -0.25) is 24.4 Å². The molecule has 0 saturated heterocycles. The molecule has 0 fully saturated rings. The zero-order valence-electron chi connectivity index (χ0n) is 20.1. The standard InChI is InChI=1S/C23H22ClF3N2O8S/c1-13(21(31)38-14(2)20(30)34-3)37-28-11-15-4-6-16(7-5-15)12-35-22(29(32)33)36-19-9-8-17(10-18(19)24)23(25,26)27/h4-11,13-14,22H,12H2,1-3H3/b28-11+. The molecular formula is C23H22ClF3N2O8S. The lowest BCUT2D eigenvalue weighted by Gasteiger charge is -2.14. The maximum atomic E-state index is 12.8. The number of ether oxygens (including phenoxy) is 3. The first kappa shape index (κ1) is 30.9. The van der Waals surface area contributed by atoms with Gasteiger partial charge in [-0.25, -0.2) is 0 Å². The van der Waals surface area contributed by atoms with Gasteiger partial charge in [-0.2, -0.15) is 13.2 Å². The largest absolute Gasteiger partial charge is 0.475 e. The van der Waals surface area contributed by atoms with E-state index in [-0.39, 0.29) is 12.4 Å². The molecule has 0 aliphatic carbocycles. The maximum absolute atomic E-state index is 12.8. The molecule has 0 spiro atoms. The number of carbonyl (C=O) groups is 2. The van der Waals surface area contributed by atoms with E-state index in [2.05, 4.69) is 9.89 Å². The second-order valence-corrected chi connectivity index (χ2v) is 9.24. The SMILES string of the molecule is COC(=O)C(C)SC(=O)C(C)O/N=C/c1ccc(COC(Oc2ccc(C(F)(F)F)cc2Cl)[N+](=O)[O-])cc1. The number of carbonyl (C=O) groups excluding carboxylic acids is 2. The number of nitro groups is 1. The van der Waals surface area contributed by atoms with Crippen molar-refractivity contribution in [2.75, 3.05) is 7.11 Å². The number of rotatable bonds is 12. The van der Waals surface area contributed by atoms with E-state index in [0.29, 0.717) is 23.3 Å². The number of alkyl halides is 3. The third kappa shape index (κ3) is 9.50. The molecule has 0 aromatic heterocycles. The summed E-state index contributed by atoms with van der Waals surface area (Å²) in [4.78, 5) is 39.0. The monoisotopic (exact) mass is 578 g/mol. The van der Waals surface area contributed by atoms with Gasteiger partial charge in [0.25, 0.3) is 0 Å². The molecule has 0 N–H and O–H groups in total. The summed E-state index contributed by atoms with van der Waals surface area (Å²) in [7, 11) is 1.22. The van der Waals surface area contributed by atoms with Crippen LogP contribution in [0.2, 0.25) is 5.02 Å². The number of hydrogen-bond donors (Lipinski definition) is 0. The second-order valence-electron chi connectivity index (χ2n) is 7.49. The Labute approximate surface area is 224 Å². The summed E-state index contributed by atoms with van der Waals surface area (Å²) in [5, 5.41) is 13.5. The summed E-state index contributed by atoms with van der Waals surface area (Å²) in [6.45, 7) is 2.74. The van der Waals surface area contributed by atoms with E-state index in [4.69, 9.17) is 25.9 Å². The van der Waals surface area contributed by atoms with Gasteiger partial charge in [0.15, 0.2) is 6.10 Å². The van der Waals surface area contributed by atoms with Crippen molar-refractivity contribution in [1.29, 1.82) is 0 Å². The number of nitrogens with zero attached hydrogens (tertiary/aromatic N) is 2. The van der Waals surface area contributed by atoms with Gasteiger partial charge in [-0.1, -0.05) is 52.8 Å². The average molecular weight is 579 g/mol. The minimum absolute atomic E-state index is 0.265. The van der Waals surface area contributed by atoms with Crippen molar-refractivity contribution in [3.05, 3.63) is 74.3 Å². The first-order chi connectivity index (χ1) is 17.8. The van der Waals surface area contributed by atoms with Crippen LogP contribution in [0.1, 0.15) is 30.5 Å². The second kappa shape index (κ2) is 14.0. The normalized spacial score (nSPS) is 14.0. The Kier molecular flexibility index (Phi) is 11.4. The van der Waals surface area contributed by atoms with E-state index in [1.165, 1.54) is 27.2 Å². The number of thioether (sulfide) groups is 1. The van der Waals surface area contributed by atoms with Gasteiger partial charge in [0.1, 0.15) is 11.0 Å². The van der Waals surface area contributed by atoms with Crippen LogP contribution in [0.15, 0.2) is 47.6 Å². The zero-order valence-corrected chi connectivity index (χ0v) is 21.7. The Morgan fingerprint density at radius 1 is 1.18 bits per heavy atom. The molecule has 10 nitrogen and oxygen atoms in total. The van der Waals surface area contributed by atoms with Crippen LogP contribution in [0.5, 0.6) is 5.75 Å². The highest BCUT2D eigenvalue weighted by molar-refractivity contribution is 8.14. The highest BCUT2D eigenvalue weighted by atomic mass is 35.5. The molecular weight excluding hydrogens is 557 g/mol. The van der Waals surface area contributed by atoms with Crippen molar-refractivity contribution in [3.8, 4) is 5.75 Å². The third-order valence-electron chi connectivity index (χ3n) is 4.61. The van der Waals surface area contributed by atoms with E-state index >= 15 is 0 Å². The third-order valence-corrected chi connectivity index (χ3v) is 6.02. The van der Waals surface area contributed by atoms with Gasteiger partial charge in [-0.05, 0) is 43.2 Å². The Bertz CT molecular complexity index is 1160. The van der Waals surface area contributed by atoms with Gasteiger partial charge in [0, 0.05) is 0 Å². The van der Waals surface area contributed by atoms with Crippen LogP contribution in [0.4, 0.5) is 13.2 Å². The molecule has 0 bridgehead atoms. The number of esters is 1. The van der Waals surface area contributed by atoms with Crippen molar-refractivity contribution in [2.45, 2.75) is 44.4 Å². The first-order valence-corrected chi connectivity index (χ1v) is 11.9. The zero-order chi connectivity index (χ0) is 28.5. The van der Waals surface area contributed by atoms with Crippen molar-refractivity contribution in [1.82, 2.24) is 0 Å². The van der Waals surface area contributed by atoms with Crippen molar-refractivity contribution in [3.63, 3.8) is 0 Å². The van der Waals surface area contributed by atoms with Crippen LogP contribution < -0.4 is 4.74 Å². The molecule has 0 heterocycles. The van der Waals surface area contributed by atoms with E-state index in [9.17, 15) is 32.9 Å². The van der Waals surface area contributed by atoms with Gasteiger partial charge in [0.2, 0.25) is 5.12 Å². The summed E-state index contributed by atoms with van der Waals surface area (Å²) >= 11 is 6.54. The number of benzene rings is 2. The quantitative estimate of drug-likeness (QED) is 0.111. The Morgan fingerprint density at radius 2 is 1.84 bits per heavy atom. The number of oxime groups is 1. The summed E-state index contributed by atoms with van der Waals surface area (Å²) in [5.74, 6) is -0.888. The summed E-state index contributed by atoms with van der Waals surface area (Å²) in [6, 6.07) is 8.49. The molecule has 2 rings (SSSR count). The maximum Gasteiger partial charge on any atom is 0.475 e. The minimum Gasteiger partial charge on any atom is -0.468 e. The van der Waals surface area contributed by atoms with E-state index < -0.39 is 50.5 Å². The molecule has 3 unspecified atom stereocenters. The van der Waals surface area contributed by atoms with Crippen molar-refractivity contribution < 1.29 is 46.7 Å². The molecule has 38 heavy (non-hydrogen) atoms. The average Bonchev–Trinajstić information content (AvgIpc) is 2.86. The predicted octanol–water partition coefficient (Wildman–Crippen LogP) is 5.08. The molecule has 0 saturated carbocycles. The lowest BCUT2D eigenvalue weighted by Crippen LogP contribution is -2.29. The Balaban J connectivity index is 1.90. The van der Waals surface area contributed by atoms with E-state index in [0.717, 1.165) is 17.8 Å². The minimum atomic E-state index is -4.64. The van der Waals surface area contributed by atoms with Gasteiger partial charge < -0.3 is 14.3 Å². The summed E-state index contributed by atoms with van der Waals surface area (Å²) < 4.78 is 53.0. The van der Waals surface area contributed by atoms with Crippen LogP contribution in [0.25, 0.3) is 0 Å². The molecule has 15 heteroatoms. The van der Waals surface area contributed by atoms with Crippen LogP contribution in [-0.4, -0.2) is 47.1 Å².